The Morgan fingerprint density at radius 2 is 1.88 bits per heavy atom. The first-order valence-corrected chi connectivity index (χ1v) is 9.58. The summed E-state index contributed by atoms with van der Waals surface area (Å²) in [7, 11) is 0. The van der Waals surface area contributed by atoms with Crippen molar-refractivity contribution >= 4 is 35.8 Å². The van der Waals surface area contributed by atoms with Crippen molar-refractivity contribution in [1.82, 2.24) is 16.0 Å². The molecule has 2 rings (SSSR count). The second kappa shape index (κ2) is 12.9. The Balaban J connectivity index is 0.00000338. The first-order chi connectivity index (χ1) is 12.2. The molecule has 1 aromatic carbocycles. The van der Waals surface area contributed by atoms with Crippen LogP contribution in [0, 0.1) is 0 Å². The Kier molecular flexibility index (Phi) is 11.3. The number of benzene rings is 1. The van der Waals surface area contributed by atoms with Gasteiger partial charge in [0.2, 0.25) is 5.91 Å². The predicted octanol–water partition coefficient (Wildman–Crippen LogP) is 3.76. The van der Waals surface area contributed by atoms with Crippen LogP contribution < -0.4 is 16.0 Å². The zero-order valence-electron chi connectivity index (χ0n) is 16.0. The van der Waals surface area contributed by atoms with E-state index in [-0.39, 0.29) is 35.9 Å². The molecule has 1 atom stereocenters. The molecule has 6 heteroatoms. The van der Waals surface area contributed by atoms with E-state index >= 15 is 0 Å². The summed E-state index contributed by atoms with van der Waals surface area (Å²) in [5, 5.41) is 9.78. The van der Waals surface area contributed by atoms with Gasteiger partial charge in [-0.2, -0.15) is 0 Å². The average molecular weight is 472 g/mol. The third-order valence-corrected chi connectivity index (χ3v) is 4.58. The number of hydrogen-bond acceptors (Lipinski definition) is 2. The highest BCUT2D eigenvalue weighted by atomic mass is 127. The van der Waals surface area contributed by atoms with Crippen molar-refractivity contribution in [3.05, 3.63) is 35.9 Å². The first-order valence-electron chi connectivity index (χ1n) is 9.58. The van der Waals surface area contributed by atoms with Crippen molar-refractivity contribution in [3.8, 4) is 0 Å². The van der Waals surface area contributed by atoms with Gasteiger partial charge < -0.3 is 16.0 Å². The molecule has 1 aliphatic carbocycles. The summed E-state index contributed by atoms with van der Waals surface area (Å²) < 4.78 is 0. The maximum Gasteiger partial charge on any atom is 0.222 e. The van der Waals surface area contributed by atoms with Gasteiger partial charge in [0.25, 0.3) is 0 Å². The largest absolute Gasteiger partial charge is 0.357 e. The van der Waals surface area contributed by atoms with E-state index < -0.39 is 0 Å². The Morgan fingerprint density at radius 1 is 1.19 bits per heavy atom. The fraction of sp³-hybridized carbons (Fsp3) is 0.600. The summed E-state index contributed by atoms with van der Waals surface area (Å²) in [6, 6.07) is 10.8. The number of guanidine groups is 1. The normalized spacial score (nSPS) is 16.3. The molecule has 5 nitrogen and oxygen atoms in total. The van der Waals surface area contributed by atoms with Gasteiger partial charge in [-0.05, 0) is 32.3 Å². The van der Waals surface area contributed by atoms with Gasteiger partial charge >= 0.3 is 0 Å². The van der Waals surface area contributed by atoms with Crippen molar-refractivity contribution in [2.24, 2.45) is 4.99 Å². The molecule has 26 heavy (non-hydrogen) atoms. The van der Waals surface area contributed by atoms with E-state index in [1.54, 1.807) is 0 Å². The Labute approximate surface area is 174 Å². The summed E-state index contributed by atoms with van der Waals surface area (Å²) in [5.74, 6) is 0.868. The molecule has 3 N–H and O–H groups in total. The number of amides is 1. The lowest BCUT2D eigenvalue weighted by Gasteiger charge is -2.22. The quantitative estimate of drug-likeness (QED) is 0.322. The molecule has 1 amide bonds. The molecule has 0 saturated heterocycles. The molecule has 0 radical (unpaired) electrons. The van der Waals surface area contributed by atoms with Gasteiger partial charge in [0.1, 0.15) is 0 Å². The summed E-state index contributed by atoms with van der Waals surface area (Å²) >= 11 is 0. The molecule has 0 bridgehead atoms. The van der Waals surface area contributed by atoms with Crippen LogP contribution in [-0.2, 0) is 4.79 Å². The highest BCUT2D eigenvalue weighted by molar-refractivity contribution is 14.0. The molecule has 0 aromatic heterocycles. The fourth-order valence-corrected chi connectivity index (χ4v) is 3.17. The summed E-state index contributed by atoms with van der Waals surface area (Å²) in [6.45, 7) is 5.44. The van der Waals surface area contributed by atoms with Crippen LogP contribution in [0.4, 0.5) is 0 Å². The maximum absolute atomic E-state index is 12.1. The fourth-order valence-electron chi connectivity index (χ4n) is 3.17. The van der Waals surface area contributed by atoms with Crippen LogP contribution in [0.1, 0.15) is 64.0 Å². The lowest BCUT2D eigenvalue weighted by atomic mass is 9.95. The molecule has 1 aromatic rings. The third kappa shape index (κ3) is 8.38. The average Bonchev–Trinajstić information content (AvgIpc) is 2.63. The summed E-state index contributed by atoms with van der Waals surface area (Å²) in [5.41, 5.74) is 1.21. The van der Waals surface area contributed by atoms with Crippen molar-refractivity contribution in [2.75, 3.05) is 13.1 Å². The molecule has 1 saturated carbocycles. The second-order valence-corrected chi connectivity index (χ2v) is 6.69. The third-order valence-electron chi connectivity index (χ3n) is 4.58. The van der Waals surface area contributed by atoms with Crippen LogP contribution in [0.15, 0.2) is 35.3 Å². The highest BCUT2D eigenvalue weighted by Gasteiger charge is 2.15. The van der Waals surface area contributed by atoms with Crippen LogP contribution in [0.5, 0.6) is 0 Å². The molecule has 146 valence electrons. The SMILES string of the molecule is CCNC(=NCCC(=O)NC1CCCCC1)NC(C)c1ccccc1.I. The van der Waals surface area contributed by atoms with E-state index in [4.69, 9.17) is 0 Å². The van der Waals surface area contributed by atoms with E-state index in [9.17, 15) is 4.79 Å². The maximum atomic E-state index is 12.1. The second-order valence-electron chi connectivity index (χ2n) is 6.69. The van der Waals surface area contributed by atoms with Gasteiger partial charge in [0.15, 0.2) is 5.96 Å². The molecular formula is C20H33IN4O. The van der Waals surface area contributed by atoms with Gasteiger partial charge in [-0.15, -0.1) is 24.0 Å². The van der Waals surface area contributed by atoms with Crippen LogP contribution >= 0.6 is 24.0 Å². The molecule has 1 fully saturated rings. The summed E-state index contributed by atoms with van der Waals surface area (Å²) in [6.07, 6.45) is 6.44. The van der Waals surface area contributed by atoms with E-state index in [2.05, 4.69) is 40.0 Å². The molecule has 1 aliphatic rings. The number of hydrogen-bond donors (Lipinski definition) is 3. The summed E-state index contributed by atoms with van der Waals surface area (Å²) in [4.78, 5) is 16.6. The Bertz CT molecular complexity index is 544. The number of halogens is 1. The van der Waals surface area contributed by atoms with E-state index in [1.165, 1.54) is 24.8 Å². The van der Waals surface area contributed by atoms with Crippen LogP contribution in [0.3, 0.4) is 0 Å². The van der Waals surface area contributed by atoms with Crippen molar-refractivity contribution in [2.45, 2.75) is 64.5 Å². The number of aliphatic imine (C=N–C) groups is 1. The lowest BCUT2D eigenvalue weighted by Crippen LogP contribution is -2.39. The van der Waals surface area contributed by atoms with Crippen molar-refractivity contribution < 1.29 is 4.79 Å². The van der Waals surface area contributed by atoms with Gasteiger partial charge in [-0.25, -0.2) is 0 Å². The minimum atomic E-state index is 0. The van der Waals surface area contributed by atoms with Crippen LogP contribution in [-0.4, -0.2) is 31.0 Å². The number of carbonyl (C=O) groups is 1. The molecular weight excluding hydrogens is 439 g/mol. The van der Waals surface area contributed by atoms with E-state index in [0.717, 1.165) is 25.3 Å². The topological polar surface area (TPSA) is 65.5 Å². The Hall–Kier alpha value is -1.31. The van der Waals surface area contributed by atoms with Crippen LogP contribution in [0.2, 0.25) is 0 Å². The smallest absolute Gasteiger partial charge is 0.222 e. The minimum Gasteiger partial charge on any atom is -0.357 e. The molecule has 0 spiro atoms. The van der Waals surface area contributed by atoms with Crippen molar-refractivity contribution in [1.29, 1.82) is 0 Å². The van der Waals surface area contributed by atoms with Gasteiger partial charge in [-0.1, -0.05) is 49.6 Å². The van der Waals surface area contributed by atoms with Gasteiger partial charge in [-0.3, -0.25) is 9.79 Å². The molecule has 0 aliphatic heterocycles. The zero-order chi connectivity index (χ0) is 17.9. The van der Waals surface area contributed by atoms with E-state index in [0.29, 0.717) is 19.0 Å². The van der Waals surface area contributed by atoms with Crippen LogP contribution in [0.25, 0.3) is 0 Å². The number of carbonyl (C=O) groups excluding carboxylic acids is 1. The minimum absolute atomic E-state index is 0. The number of nitrogens with one attached hydrogen (secondary N) is 3. The molecule has 0 heterocycles. The lowest BCUT2D eigenvalue weighted by molar-refractivity contribution is -0.121. The Morgan fingerprint density at radius 3 is 2.54 bits per heavy atom. The number of nitrogens with zero attached hydrogens (tertiary/aromatic N) is 1. The van der Waals surface area contributed by atoms with Crippen molar-refractivity contribution in [3.63, 3.8) is 0 Å². The highest BCUT2D eigenvalue weighted by Crippen LogP contribution is 2.17. The molecule has 1 unspecified atom stereocenters. The standard InChI is InChI=1S/C20H32N4O.HI/c1-3-21-20(23-16(2)17-10-6-4-7-11-17)22-15-14-19(25)24-18-12-8-5-9-13-18;/h4,6-7,10-11,16,18H,3,5,8-9,12-15H2,1-2H3,(H,24,25)(H2,21,22,23);1H. The van der Waals surface area contributed by atoms with E-state index in [1.807, 2.05) is 25.1 Å². The zero-order valence-corrected chi connectivity index (χ0v) is 18.3. The number of rotatable bonds is 7. The first kappa shape index (κ1) is 22.7. The van der Waals surface area contributed by atoms with Gasteiger partial charge in [0, 0.05) is 19.0 Å². The van der Waals surface area contributed by atoms with Gasteiger partial charge in [0.05, 0.1) is 12.6 Å². The predicted molar refractivity (Wildman–Crippen MR) is 119 cm³/mol. The monoisotopic (exact) mass is 472 g/mol.